The summed E-state index contributed by atoms with van der Waals surface area (Å²) >= 11 is 17.9. The fourth-order valence-corrected chi connectivity index (χ4v) is 3.30. The number of rotatable bonds is 4. The van der Waals surface area contributed by atoms with Crippen molar-refractivity contribution in [3.05, 3.63) is 33.8 Å². The van der Waals surface area contributed by atoms with Crippen molar-refractivity contribution < 1.29 is 4.43 Å². The monoisotopic (exact) mass is 296 g/mol. The molecule has 0 aliphatic carbocycles. The zero-order chi connectivity index (χ0) is 12.3. The van der Waals surface area contributed by atoms with Crippen LogP contribution in [0.2, 0.25) is 29.7 Å². The van der Waals surface area contributed by atoms with Crippen molar-refractivity contribution in [3.63, 3.8) is 0 Å². The first kappa shape index (κ1) is 14.3. The molecular formula is C11H15Cl3OSi. The summed E-state index contributed by atoms with van der Waals surface area (Å²) in [5.74, 6) is 0.394. The van der Waals surface area contributed by atoms with E-state index in [0.29, 0.717) is 15.9 Å². The molecule has 0 fully saturated rings. The highest BCUT2D eigenvalue weighted by Gasteiger charge is 2.23. The van der Waals surface area contributed by atoms with Crippen molar-refractivity contribution in [2.75, 3.05) is 5.88 Å². The van der Waals surface area contributed by atoms with Gasteiger partial charge in [0.25, 0.3) is 0 Å². The number of alkyl halides is 1. The normalized spacial score (nSPS) is 13.9. The van der Waals surface area contributed by atoms with E-state index in [1.165, 1.54) is 0 Å². The van der Waals surface area contributed by atoms with Crippen LogP contribution in [0.4, 0.5) is 0 Å². The van der Waals surface area contributed by atoms with Gasteiger partial charge in [-0.05, 0) is 37.3 Å². The van der Waals surface area contributed by atoms with E-state index >= 15 is 0 Å². The smallest absolute Gasteiger partial charge is 0.184 e. The molecular weight excluding hydrogens is 283 g/mol. The molecule has 1 aromatic carbocycles. The van der Waals surface area contributed by atoms with Crippen LogP contribution in [-0.2, 0) is 4.43 Å². The highest BCUT2D eigenvalue weighted by atomic mass is 35.5. The summed E-state index contributed by atoms with van der Waals surface area (Å²) in [4.78, 5) is 0. The van der Waals surface area contributed by atoms with Crippen molar-refractivity contribution in [2.24, 2.45) is 0 Å². The average molecular weight is 298 g/mol. The first-order valence-corrected chi connectivity index (χ1v) is 9.72. The predicted octanol–water partition coefficient (Wildman–Crippen LogP) is 5.12. The molecule has 1 aromatic rings. The Kier molecular flexibility index (Phi) is 5.14. The van der Waals surface area contributed by atoms with E-state index in [-0.39, 0.29) is 6.10 Å². The van der Waals surface area contributed by atoms with Gasteiger partial charge in [0.05, 0.1) is 12.0 Å². The van der Waals surface area contributed by atoms with Crippen molar-refractivity contribution in [1.29, 1.82) is 0 Å². The summed E-state index contributed by atoms with van der Waals surface area (Å²) < 4.78 is 5.97. The molecule has 1 rings (SSSR count). The van der Waals surface area contributed by atoms with Crippen LogP contribution in [0.5, 0.6) is 0 Å². The van der Waals surface area contributed by atoms with E-state index < -0.39 is 8.32 Å². The molecule has 0 amide bonds. The first-order valence-electron chi connectivity index (χ1n) is 5.02. The second-order valence-electron chi connectivity index (χ2n) is 4.54. The highest BCUT2D eigenvalue weighted by Crippen LogP contribution is 2.31. The minimum Gasteiger partial charge on any atom is -0.409 e. The van der Waals surface area contributed by atoms with Crippen LogP contribution in [0.1, 0.15) is 11.7 Å². The number of benzene rings is 1. The molecule has 0 radical (unpaired) electrons. The third-order valence-corrected chi connectivity index (χ3v) is 3.78. The molecule has 5 heteroatoms. The van der Waals surface area contributed by atoms with Gasteiger partial charge in [-0.2, -0.15) is 0 Å². The molecule has 1 nitrogen and oxygen atoms in total. The van der Waals surface area contributed by atoms with Gasteiger partial charge >= 0.3 is 0 Å². The van der Waals surface area contributed by atoms with Gasteiger partial charge in [0.1, 0.15) is 0 Å². The molecule has 90 valence electrons. The van der Waals surface area contributed by atoms with Crippen LogP contribution in [-0.4, -0.2) is 14.2 Å². The molecule has 0 aromatic heterocycles. The van der Waals surface area contributed by atoms with Crippen molar-refractivity contribution in [1.82, 2.24) is 0 Å². The van der Waals surface area contributed by atoms with Gasteiger partial charge in [-0.3, -0.25) is 0 Å². The van der Waals surface area contributed by atoms with Crippen molar-refractivity contribution in [3.8, 4) is 0 Å². The van der Waals surface area contributed by atoms with E-state index in [0.717, 1.165) is 5.56 Å². The summed E-state index contributed by atoms with van der Waals surface area (Å²) in [6, 6.07) is 5.39. The SMILES string of the molecule is C[Si](C)(C)OC(CCl)c1ccc(Cl)cc1Cl. The summed E-state index contributed by atoms with van der Waals surface area (Å²) in [6.45, 7) is 6.36. The Hall–Kier alpha value is 0.267. The topological polar surface area (TPSA) is 9.23 Å². The van der Waals surface area contributed by atoms with Gasteiger partial charge < -0.3 is 4.43 Å². The third-order valence-electron chi connectivity index (χ3n) is 1.95. The van der Waals surface area contributed by atoms with E-state index in [1.54, 1.807) is 12.1 Å². The van der Waals surface area contributed by atoms with Gasteiger partial charge in [-0.25, -0.2) is 0 Å². The minimum atomic E-state index is -1.64. The highest BCUT2D eigenvalue weighted by molar-refractivity contribution is 6.69. The lowest BCUT2D eigenvalue weighted by Crippen LogP contribution is -2.28. The summed E-state index contributed by atoms with van der Waals surface area (Å²) in [5, 5.41) is 1.23. The fraction of sp³-hybridized carbons (Fsp3) is 0.455. The molecule has 0 bridgehead atoms. The molecule has 0 aliphatic rings. The Bertz CT molecular complexity index is 363. The summed E-state index contributed by atoms with van der Waals surface area (Å²) in [5.41, 5.74) is 0.906. The average Bonchev–Trinajstić information content (AvgIpc) is 2.13. The number of halogens is 3. The van der Waals surface area contributed by atoms with Gasteiger partial charge in [0, 0.05) is 10.0 Å². The number of hydrogen-bond acceptors (Lipinski definition) is 1. The molecule has 0 saturated carbocycles. The first-order chi connectivity index (χ1) is 7.33. The minimum absolute atomic E-state index is 0.155. The van der Waals surface area contributed by atoms with Gasteiger partial charge in [0.2, 0.25) is 0 Å². The van der Waals surface area contributed by atoms with Crippen molar-refractivity contribution in [2.45, 2.75) is 25.7 Å². The lowest BCUT2D eigenvalue weighted by atomic mass is 10.1. The largest absolute Gasteiger partial charge is 0.409 e. The van der Waals surface area contributed by atoms with Crippen molar-refractivity contribution >= 4 is 43.1 Å². The Balaban J connectivity index is 2.95. The maximum atomic E-state index is 6.12. The molecule has 0 saturated heterocycles. The van der Waals surface area contributed by atoms with Gasteiger partial charge in [-0.15, -0.1) is 11.6 Å². The zero-order valence-electron chi connectivity index (χ0n) is 9.56. The standard InChI is InChI=1S/C11H15Cl3OSi/c1-16(2,3)15-11(7-12)9-5-4-8(13)6-10(9)14/h4-6,11H,7H2,1-3H3. The quantitative estimate of drug-likeness (QED) is 0.553. The van der Waals surface area contributed by atoms with E-state index in [4.69, 9.17) is 39.2 Å². The van der Waals surface area contributed by atoms with Crippen LogP contribution in [0.15, 0.2) is 18.2 Å². The van der Waals surface area contributed by atoms with Crippen LogP contribution in [0.25, 0.3) is 0 Å². The number of hydrogen-bond donors (Lipinski definition) is 0. The van der Waals surface area contributed by atoms with Crippen LogP contribution < -0.4 is 0 Å². The van der Waals surface area contributed by atoms with E-state index in [2.05, 4.69) is 19.6 Å². The van der Waals surface area contributed by atoms with Gasteiger partial charge in [0.15, 0.2) is 8.32 Å². The molecule has 0 N–H and O–H groups in total. The fourth-order valence-electron chi connectivity index (χ4n) is 1.37. The maximum Gasteiger partial charge on any atom is 0.184 e. The van der Waals surface area contributed by atoms with Gasteiger partial charge in [-0.1, -0.05) is 29.3 Å². The molecule has 1 unspecified atom stereocenters. The molecule has 0 heterocycles. The molecule has 0 aliphatic heterocycles. The molecule has 16 heavy (non-hydrogen) atoms. The van der Waals surface area contributed by atoms with E-state index in [1.807, 2.05) is 6.07 Å². The Morgan fingerprint density at radius 2 is 1.88 bits per heavy atom. The predicted molar refractivity (Wildman–Crippen MR) is 74.4 cm³/mol. The lowest BCUT2D eigenvalue weighted by molar-refractivity contribution is 0.222. The summed E-state index contributed by atoms with van der Waals surface area (Å²) in [6.07, 6.45) is -0.155. The van der Waals surface area contributed by atoms with Crippen LogP contribution >= 0.6 is 34.8 Å². The van der Waals surface area contributed by atoms with E-state index in [9.17, 15) is 0 Å². The second kappa shape index (κ2) is 5.74. The maximum absolute atomic E-state index is 6.12. The third kappa shape index (κ3) is 4.26. The lowest BCUT2D eigenvalue weighted by Gasteiger charge is -2.25. The second-order valence-corrected chi connectivity index (χ2v) is 10.2. The van der Waals surface area contributed by atoms with Crippen LogP contribution in [0, 0.1) is 0 Å². The molecule has 0 spiro atoms. The Morgan fingerprint density at radius 1 is 1.25 bits per heavy atom. The summed E-state index contributed by atoms with van der Waals surface area (Å²) in [7, 11) is -1.64. The zero-order valence-corrected chi connectivity index (χ0v) is 12.8. The molecule has 1 atom stereocenters. The Morgan fingerprint density at radius 3 is 2.31 bits per heavy atom. The Labute approximate surface area is 113 Å². The van der Waals surface area contributed by atoms with Crippen LogP contribution in [0.3, 0.4) is 0 Å².